The monoisotopic (exact) mass is 539 g/mol. The molecule has 0 aromatic heterocycles. The molecule has 0 aromatic rings. The standard InChI is InChI=1S/C32H61NO5/c1-3-5-7-9-11-13-15-16-18-19-21-23-25-29(35)31(37)28(27-34)33-32(38)30(36)26-24-22-20-17-14-12-10-8-6-4-2/h10,12,18-19,28-31,34-37H,3-9,11,13-17,20-27H2,1-2H3,(H,33,38)/b12-10-,19-18+. The average Bonchev–Trinajstić information content (AvgIpc) is 2.92. The molecule has 4 atom stereocenters. The van der Waals surface area contributed by atoms with Gasteiger partial charge in [-0.2, -0.15) is 0 Å². The molecule has 38 heavy (non-hydrogen) atoms. The number of hydrogen-bond acceptors (Lipinski definition) is 5. The lowest BCUT2D eigenvalue weighted by Gasteiger charge is -2.27. The first-order chi connectivity index (χ1) is 18.5. The highest BCUT2D eigenvalue weighted by Crippen LogP contribution is 2.13. The molecule has 5 N–H and O–H groups in total. The van der Waals surface area contributed by atoms with Crippen LogP contribution in [0.25, 0.3) is 0 Å². The van der Waals surface area contributed by atoms with Crippen molar-refractivity contribution in [2.45, 2.75) is 167 Å². The van der Waals surface area contributed by atoms with Gasteiger partial charge in [-0.3, -0.25) is 4.79 Å². The van der Waals surface area contributed by atoms with Gasteiger partial charge in [-0.1, -0.05) is 109 Å². The summed E-state index contributed by atoms with van der Waals surface area (Å²) in [5.74, 6) is -0.609. The van der Waals surface area contributed by atoms with Gasteiger partial charge in [0.2, 0.25) is 5.91 Å². The first kappa shape index (κ1) is 36.8. The first-order valence-electron chi connectivity index (χ1n) is 15.7. The van der Waals surface area contributed by atoms with E-state index in [1.165, 1.54) is 57.8 Å². The number of aliphatic hydroxyl groups is 4. The van der Waals surface area contributed by atoms with Gasteiger partial charge in [0.05, 0.1) is 18.8 Å². The average molecular weight is 540 g/mol. The van der Waals surface area contributed by atoms with Crippen LogP contribution < -0.4 is 5.32 Å². The van der Waals surface area contributed by atoms with Crippen molar-refractivity contribution < 1.29 is 25.2 Å². The van der Waals surface area contributed by atoms with E-state index in [2.05, 4.69) is 43.5 Å². The van der Waals surface area contributed by atoms with Gasteiger partial charge in [-0.25, -0.2) is 0 Å². The van der Waals surface area contributed by atoms with Crippen LogP contribution in [0.2, 0.25) is 0 Å². The Hall–Kier alpha value is -1.21. The molecule has 0 fully saturated rings. The molecule has 0 bridgehead atoms. The fourth-order valence-corrected chi connectivity index (χ4v) is 4.50. The van der Waals surface area contributed by atoms with Gasteiger partial charge in [-0.15, -0.1) is 0 Å². The Morgan fingerprint density at radius 2 is 1.11 bits per heavy atom. The van der Waals surface area contributed by atoms with Gasteiger partial charge in [0.1, 0.15) is 12.2 Å². The van der Waals surface area contributed by atoms with Crippen LogP contribution in [-0.2, 0) is 4.79 Å². The van der Waals surface area contributed by atoms with E-state index in [0.717, 1.165) is 57.8 Å². The minimum atomic E-state index is -1.28. The van der Waals surface area contributed by atoms with Crippen molar-refractivity contribution in [2.75, 3.05) is 6.61 Å². The first-order valence-corrected chi connectivity index (χ1v) is 15.7. The zero-order valence-electron chi connectivity index (χ0n) is 24.7. The Bertz CT molecular complexity index is 580. The van der Waals surface area contributed by atoms with Gasteiger partial charge < -0.3 is 25.7 Å². The predicted molar refractivity (Wildman–Crippen MR) is 159 cm³/mol. The summed E-state index contributed by atoms with van der Waals surface area (Å²) in [5, 5.41) is 43.1. The van der Waals surface area contributed by atoms with E-state index in [1.807, 2.05) is 0 Å². The number of carbonyl (C=O) groups excluding carboxylic acids is 1. The Morgan fingerprint density at radius 1 is 0.632 bits per heavy atom. The van der Waals surface area contributed by atoms with E-state index in [-0.39, 0.29) is 0 Å². The molecule has 6 heteroatoms. The van der Waals surface area contributed by atoms with Crippen LogP contribution in [0.5, 0.6) is 0 Å². The Morgan fingerprint density at radius 3 is 1.66 bits per heavy atom. The summed E-state index contributed by atoms with van der Waals surface area (Å²) in [6.45, 7) is 3.93. The minimum Gasteiger partial charge on any atom is -0.394 e. The number of nitrogens with one attached hydrogen (secondary N) is 1. The maximum Gasteiger partial charge on any atom is 0.249 e. The second-order valence-corrected chi connectivity index (χ2v) is 10.8. The van der Waals surface area contributed by atoms with E-state index in [9.17, 15) is 25.2 Å². The number of rotatable bonds is 27. The van der Waals surface area contributed by atoms with E-state index < -0.39 is 36.9 Å². The summed E-state index contributed by atoms with van der Waals surface area (Å²) in [6, 6.07) is -1.00. The lowest BCUT2D eigenvalue weighted by Crippen LogP contribution is -2.53. The molecule has 0 aliphatic heterocycles. The number of unbranched alkanes of at least 4 members (excludes halogenated alkanes) is 14. The topological polar surface area (TPSA) is 110 Å². The molecule has 0 radical (unpaired) electrons. The number of carbonyl (C=O) groups is 1. The molecule has 1 amide bonds. The van der Waals surface area contributed by atoms with Crippen LogP contribution in [0.3, 0.4) is 0 Å². The molecule has 6 nitrogen and oxygen atoms in total. The summed E-state index contributed by atoms with van der Waals surface area (Å²) < 4.78 is 0. The highest BCUT2D eigenvalue weighted by molar-refractivity contribution is 5.80. The van der Waals surface area contributed by atoms with E-state index in [0.29, 0.717) is 12.8 Å². The Kier molecular flexibility index (Phi) is 26.5. The normalized spacial score (nSPS) is 15.2. The van der Waals surface area contributed by atoms with E-state index in [1.54, 1.807) is 0 Å². The van der Waals surface area contributed by atoms with Gasteiger partial charge in [0.15, 0.2) is 0 Å². The maximum atomic E-state index is 12.3. The fraction of sp³-hybridized carbons (Fsp3) is 0.844. The molecular formula is C32H61NO5. The molecule has 0 heterocycles. The SMILES string of the molecule is CCCC/C=C\CCCCCCC(O)C(=O)NC(CO)C(O)C(O)CCC/C=C/CCCCCCCCC. The third-order valence-electron chi connectivity index (χ3n) is 7.13. The molecule has 0 saturated heterocycles. The van der Waals surface area contributed by atoms with Crippen LogP contribution in [0.15, 0.2) is 24.3 Å². The van der Waals surface area contributed by atoms with Crippen molar-refractivity contribution >= 4 is 5.91 Å². The van der Waals surface area contributed by atoms with Gasteiger partial charge in [0.25, 0.3) is 0 Å². The molecule has 0 saturated carbocycles. The summed E-state index contributed by atoms with van der Waals surface area (Å²) in [4.78, 5) is 12.3. The lowest BCUT2D eigenvalue weighted by atomic mass is 10.00. The van der Waals surface area contributed by atoms with Crippen molar-refractivity contribution in [1.82, 2.24) is 5.32 Å². The van der Waals surface area contributed by atoms with Crippen LogP contribution in [0.4, 0.5) is 0 Å². The molecule has 0 aromatic carbocycles. The number of allylic oxidation sites excluding steroid dienone is 4. The molecule has 224 valence electrons. The number of aliphatic hydroxyl groups excluding tert-OH is 4. The van der Waals surface area contributed by atoms with Crippen LogP contribution in [-0.4, -0.2) is 57.3 Å². The molecule has 4 unspecified atom stereocenters. The second kappa shape index (κ2) is 27.4. The summed E-state index contributed by atoms with van der Waals surface area (Å²) in [7, 11) is 0. The molecule has 0 rings (SSSR count). The predicted octanol–water partition coefficient (Wildman–Crippen LogP) is 6.50. The molecule has 0 spiro atoms. The zero-order chi connectivity index (χ0) is 28.3. The zero-order valence-corrected chi connectivity index (χ0v) is 24.7. The molecule has 0 aliphatic rings. The Balaban J connectivity index is 3.98. The van der Waals surface area contributed by atoms with Gasteiger partial charge >= 0.3 is 0 Å². The minimum absolute atomic E-state index is 0.347. The van der Waals surface area contributed by atoms with Crippen molar-refractivity contribution in [2.24, 2.45) is 0 Å². The van der Waals surface area contributed by atoms with Crippen molar-refractivity contribution in [1.29, 1.82) is 0 Å². The van der Waals surface area contributed by atoms with Gasteiger partial charge in [-0.05, 0) is 57.8 Å². The summed E-state index contributed by atoms with van der Waals surface area (Å²) in [5.41, 5.74) is 0. The van der Waals surface area contributed by atoms with E-state index in [4.69, 9.17) is 0 Å². The maximum absolute atomic E-state index is 12.3. The van der Waals surface area contributed by atoms with Gasteiger partial charge in [0, 0.05) is 0 Å². The van der Waals surface area contributed by atoms with Crippen molar-refractivity contribution in [3.05, 3.63) is 24.3 Å². The number of amides is 1. The second-order valence-electron chi connectivity index (χ2n) is 10.8. The van der Waals surface area contributed by atoms with Crippen LogP contribution in [0, 0.1) is 0 Å². The number of hydrogen-bond donors (Lipinski definition) is 5. The highest BCUT2D eigenvalue weighted by atomic mass is 16.3. The third kappa shape index (κ3) is 21.7. The van der Waals surface area contributed by atoms with E-state index >= 15 is 0 Å². The largest absolute Gasteiger partial charge is 0.394 e. The van der Waals surface area contributed by atoms with Crippen molar-refractivity contribution in [3.63, 3.8) is 0 Å². The molecule has 0 aliphatic carbocycles. The highest BCUT2D eigenvalue weighted by Gasteiger charge is 2.28. The van der Waals surface area contributed by atoms with Crippen LogP contribution in [0.1, 0.15) is 142 Å². The summed E-state index contributed by atoms with van der Waals surface area (Å²) in [6.07, 6.45) is 26.3. The Labute approximate surface area is 234 Å². The summed E-state index contributed by atoms with van der Waals surface area (Å²) >= 11 is 0. The quantitative estimate of drug-likeness (QED) is 0.0604. The third-order valence-corrected chi connectivity index (χ3v) is 7.13. The lowest BCUT2D eigenvalue weighted by molar-refractivity contribution is -0.132. The van der Waals surface area contributed by atoms with Crippen molar-refractivity contribution in [3.8, 4) is 0 Å². The molecular weight excluding hydrogens is 478 g/mol. The van der Waals surface area contributed by atoms with Crippen LogP contribution >= 0.6 is 0 Å². The fourth-order valence-electron chi connectivity index (χ4n) is 4.50. The smallest absolute Gasteiger partial charge is 0.249 e.